The second-order valence-electron chi connectivity index (χ2n) is 2.45. The molecule has 1 rings (SSSR count). The molecule has 0 atom stereocenters. The molecule has 12 heavy (non-hydrogen) atoms. The first-order valence-corrected chi connectivity index (χ1v) is 3.84. The van der Waals surface area contributed by atoms with E-state index in [2.05, 4.69) is 4.85 Å². The van der Waals surface area contributed by atoms with E-state index in [1.165, 1.54) is 0 Å². The van der Waals surface area contributed by atoms with Crippen molar-refractivity contribution in [1.29, 1.82) is 0 Å². The van der Waals surface area contributed by atoms with E-state index in [4.69, 9.17) is 23.3 Å². The van der Waals surface area contributed by atoms with Gasteiger partial charge in [-0.1, -0.05) is 23.7 Å². The molecular weight excluding hydrogens is 174 g/mol. The first-order valence-electron chi connectivity index (χ1n) is 3.47. The van der Waals surface area contributed by atoms with Gasteiger partial charge in [0.15, 0.2) is 0 Å². The van der Waals surface area contributed by atoms with E-state index in [1.807, 2.05) is 0 Å². The van der Waals surface area contributed by atoms with Crippen LogP contribution in [0.15, 0.2) is 12.1 Å². The minimum atomic E-state index is -0.0379. The average molecular weight is 182 g/mol. The number of aliphatic hydroxyl groups excluding tert-OH is 1. The molecule has 0 saturated heterocycles. The molecule has 62 valence electrons. The molecule has 0 aromatic heterocycles. The summed E-state index contributed by atoms with van der Waals surface area (Å²) in [6.45, 7) is 8.54. The van der Waals surface area contributed by atoms with Crippen LogP contribution in [0.25, 0.3) is 4.85 Å². The maximum atomic E-state index is 8.87. The lowest BCUT2D eigenvalue weighted by atomic mass is 10.1. The molecule has 0 aliphatic carbocycles. The van der Waals surface area contributed by atoms with E-state index < -0.39 is 0 Å². The summed E-state index contributed by atoms with van der Waals surface area (Å²) in [6, 6.07) is 3.34. The lowest BCUT2D eigenvalue weighted by Crippen LogP contribution is -1.88. The van der Waals surface area contributed by atoms with Crippen LogP contribution in [0.1, 0.15) is 11.1 Å². The maximum Gasteiger partial charge on any atom is 0.205 e. The zero-order chi connectivity index (χ0) is 9.14. The number of benzene rings is 1. The third-order valence-electron chi connectivity index (χ3n) is 1.77. The van der Waals surface area contributed by atoms with Crippen LogP contribution in [0, 0.1) is 13.5 Å². The monoisotopic (exact) mass is 181 g/mol. The minimum Gasteiger partial charge on any atom is -0.392 e. The van der Waals surface area contributed by atoms with Crippen molar-refractivity contribution in [3.63, 3.8) is 0 Å². The second kappa shape index (κ2) is 3.57. The smallest absolute Gasteiger partial charge is 0.205 e. The molecule has 0 amide bonds. The molecule has 0 radical (unpaired) electrons. The van der Waals surface area contributed by atoms with Gasteiger partial charge in [-0.15, -0.1) is 0 Å². The Morgan fingerprint density at radius 2 is 2.25 bits per heavy atom. The van der Waals surface area contributed by atoms with Crippen LogP contribution in [-0.4, -0.2) is 5.11 Å². The summed E-state index contributed by atoms with van der Waals surface area (Å²) in [6.07, 6.45) is 0. The lowest BCUT2D eigenvalue weighted by Gasteiger charge is -2.05. The van der Waals surface area contributed by atoms with Crippen molar-refractivity contribution >= 4 is 17.3 Å². The Kier molecular flexibility index (Phi) is 2.69. The van der Waals surface area contributed by atoms with Crippen molar-refractivity contribution in [2.24, 2.45) is 0 Å². The Labute approximate surface area is 76.2 Å². The van der Waals surface area contributed by atoms with Crippen molar-refractivity contribution in [3.8, 4) is 0 Å². The molecule has 1 aromatic carbocycles. The summed E-state index contributed by atoms with van der Waals surface area (Å²) in [7, 11) is 0. The quantitative estimate of drug-likeness (QED) is 0.662. The van der Waals surface area contributed by atoms with Gasteiger partial charge in [0.05, 0.1) is 18.2 Å². The van der Waals surface area contributed by atoms with Gasteiger partial charge < -0.3 is 5.11 Å². The van der Waals surface area contributed by atoms with Crippen LogP contribution >= 0.6 is 11.6 Å². The number of hydrogen-bond donors (Lipinski definition) is 1. The van der Waals surface area contributed by atoms with Crippen LogP contribution < -0.4 is 0 Å². The Morgan fingerprint density at radius 3 is 2.75 bits per heavy atom. The van der Waals surface area contributed by atoms with Gasteiger partial charge in [-0.3, -0.25) is 0 Å². The molecule has 2 nitrogen and oxygen atoms in total. The van der Waals surface area contributed by atoms with Gasteiger partial charge in [0.25, 0.3) is 0 Å². The average Bonchev–Trinajstić information content (AvgIpc) is 2.10. The number of nitrogens with zero attached hydrogens (tertiary/aromatic N) is 1. The fraction of sp³-hybridized carbons (Fsp3) is 0.222. The van der Waals surface area contributed by atoms with Crippen molar-refractivity contribution in [2.75, 3.05) is 0 Å². The molecule has 0 saturated carbocycles. The normalized spacial score (nSPS) is 9.50. The van der Waals surface area contributed by atoms with Crippen LogP contribution in [0.5, 0.6) is 0 Å². The van der Waals surface area contributed by atoms with Gasteiger partial charge in [-0.05, 0) is 18.1 Å². The van der Waals surface area contributed by atoms with E-state index in [0.717, 1.165) is 11.1 Å². The first-order chi connectivity index (χ1) is 5.70. The molecular formula is C9H8ClNO. The molecule has 3 heteroatoms. The molecule has 0 heterocycles. The fourth-order valence-corrected chi connectivity index (χ4v) is 1.20. The third-order valence-corrected chi connectivity index (χ3v) is 2.25. The zero-order valence-corrected chi connectivity index (χ0v) is 7.39. The zero-order valence-electron chi connectivity index (χ0n) is 6.63. The van der Waals surface area contributed by atoms with Crippen molar-refractivity contribution in [1.82, 2.24) is 0 Å². The van der Waals surface area contributed by atoms with Crippen molar-refractivity contribution in [3.05, 3.63) is 39.7 Å². The van der Waals surface area contributed by atoms with Crippen LogP contribution in [0.4, 0.5) is 5.69 Å². The highest BCUT2D eigenvalue weighted by atomic mass is 35.5. The highest BCUT2D eigenvalue weighted by Gasteiger charge is 2.06. The predicted molar refractivity (Wildman–Crippen MR) is 48.4 cm³/mol. The summed E-state index contributed by atoms with van der Waals surface area (Å²) in [5.41, 5.74) is 1.99. The molecule has 0 unspecified atom stereocenters. The molecule has 0 spiro atoms. The van der Waals surface area contributed by atoms with Gasteiger partial charge in [0, 0.05) is 0 Å². The number of halogens is 1. The molecule has 0 bridgehead atoms. The summed E-state index contributed by atoms with van der Waals surface area (Å²) in [4.78, 5) is 3.24. The Bertz CT molecular complexity index is 341. The largest absolute Gasteiger partial charge is 0.392 e. The first kappa shape index (κ1) is 9.05. The van der Waals surface area contributed by atoms with E-state index >= 15 is 0 Å². The van der Waals surface area contributed by atoms with Crippen molar-refractivity contribution < 1.29 is 5.11 Å². The van der Waals surface area contributed by atoms with Gasteiger partial charge in [-0.2, -0.15) is 0 Å². The van der Waals surface area contributed by atoms with Gasteiger partial charge in [0.2, 0.25) is 5.69 Å². The minimum absolute atomic E-state index is 0.0379. The molecule has 1 aromatic rings. The summed E-state index contributed by atoms with van der Waals surface area (Å²) in [5.74, 6) is 0. The summed E-state index contributed by atoms with van der Waals surface area (Å²) >= 11 is 5.85. The van der Waals surface area contributed by atoms with Crippen molar-refractivity contribution in [2.45, 2.75) is 13.5 Å². The van der Waals surface area contributed by atoms with Gasteiger partial charge in [0.1, 0.15) is 0 Å². The molecule has 0 aliphatic rings. The van der Waals surface area contributed by atoms with E-state index in [9.17, 15) is 0 Å². The molecule has 0 aliphatic heterocycles. The van der Waals surface area contributed by atoms with Gasteiger partial charge in [-0.25, -0.2) is 4.85 Å². The van der Waals surface area contributed by atoms with E-state index in [-0.39, 0.29) is 6.61 Å². The number of hydrogen-bond acceptors (Lipinski definition) is 1. The van der Waals surface area contributed by atoms with Crippen LogP contribution in [0.3, 0.4) is 0 Å². The highest BCUT2D eigenvalue weighted by Crippen LogP contribution is 2.30. The van der Waals surface area contributed by atoms with E-state index in [1.54, 1.807) is 19.1 Å². The standard InChI is InChI=1S/C9H8ClNO/c1-6-7(5-12)3-4-8(11-2)9(6)10/h3-4,12H,5H2,1H3. The Morgan fingerprint density at radius 1 is 1.58 bits per heavy atom. The SMILES string of the molecule is [C-]#[N+]c1ccc(CO)c(C)c1Cl. The fourth-order valence-electron chi connectivity index (χ4n) is 0.968. The summed E-state index contributed by atoms with van der Waals surface area (Å²) in [5, 5.41) is 9.31. The van der Waals surface area contributed by atoms with Crippen LogP contribution in [-0.2, 0) is 6.61 Å². The Hall–Kier alpha value is -1.04. The topological polar surface area (TPSA) is 24.6 Å². The number of aliphatic hydroxyl groups is 1. The predicted octanol–water partition coefficient (Wildman–Crippen LogP) is 2.69. The van der Waals surface area contributed by atoms with E-state index in [0.29, 0.717) is 10.7 Å². The second-order valence-corrected chi connectivity index (χ2v) is 2.83. The highest BCUT2D eigenvalue weighted by molar-refractivity contribution is 6.34. The van der Waals surface area contributed by atoms with Crippen LogP contribution in [0.2, 0.25) is 5.02 Å². The Balaban J connectivity index is 3.32. The number of rotatable bonds is 1. The third kappa shape index (κ3) is 1.42. The maximum absolute atomic E-state index is 8.87. The lowest BCUT2D eigenvalue weighted by molar-refractivity contribution is 0.281. The molecule has 1 N–H and O–H groups in total. The molecule has 0 fully saturated rings. The summed E-state index contributed by atoms with van der Waals surface area (Å²) < 4.78 is 0. The van der Waals surface area contributed by atoms with Gasteiger partial charge >= 0.3 is 0 Å².